The molecule has 1 heterocycles. The lowest BCUT2D eigenvalue weighted by Gasteiger charge is -2.28. The third-order valence-corrected chi connectivity index (χ3v) is 4.61. The van der Waals surface area contributed by atoms with Crippen LogP contribution in [0.3, 0.4) is 0 Å². The van der Waals surface area contributed by atoms with Crippen LogP contribution in [-0.4, -0.2) is 46.2 Å². The molecule has 0 spiro atoms. The summed E-state index contributed by atoms with van der Waals surface area (Å²) in [5.74, 6) is 1.15. The van der Waals surface area contributed by atoms with E-state index in [1.54, 1.807) is 7.11 Å². The molecule has 1 aromatic rings. The van der Waals surface area contributed by atoms with Gasteiger partial charge in [-0.2, -0.15) is 26.7 Å². The average Bonchev–Trinajstić information content (AvgIpc) is 2.48. The predicted octanol–water partition coefficient (Wildman–Crippen LogP) is 2.40. The van der Waals surface area contributed by atoms with Gasteiger partial charge in [0.1, 0.15) is 0 Å². The van der Waals surface area contributed by atoms with Gasteiger partial charge in [-0.05, 0) is 38.9 Å². The van der Waals surface area contributed by atoms with Crippen LogP contribution in [0.5, 0.6) is 6.01 Å². The van der Waals surface area contributed by atoms with Gasteiger partial charge < -0.3 is 15.4 Å². The lowest BCUT2D eigenvalue weighted by Crippen LogP contribution is -2.28. The molecule has 0 amide bonds. The van der Waals surface area contributed by atoms with Gasteiger partial charge in [0.2, 0.25) is 11.9 Å². The molecule has 0 aliphatic heterocycles. The lowest BCUT2D eigenvalue weighted by atomic mass is 9.95. The number of hydrogen-bond donors (Lipinski definition) is 2. The number of methoxy groups -OCH3 is 1. The van der Waals surface area contributed by atoms with Crippen LogP contribution in [0.15, 0.2) is 0 Å². The molecule has 2 N–H and O–H groups in total. The highest BCUT2D eigenvalue weighted by Crippen LogP contribution is 2.28. The number of hydrogen-bond acceptors (Lipinski definition) is 7. The monoisotopic (exact) mass is 297 g/mol. The van der Waals surface area contributed by atoms with E-state index in [1.807, 2.05) is 18.7 Å². The van der Waals surface area contributed by atoms with E-state index in [1.165, 1.54) is 12.8 Å². The number of nitrogens with one attached hydrogen (secondary N) is 2. The maximum atomic E-state index is 5.12. The molecule has 0 atom stereocenters. The van der Waals surface area contributed by atoms with Crippen LogP contribution in [0.1, 0.15) is 32.6 Å². The number of thioether (sulfide) groups is 1. The van der Waals surface area contributed by atoms with Crippen molar-refractivity contribution in [1.29, 1.82) is 0 Å². The van der Waals surface area contributed by atoms with Crippen molar-refractivity contribution in [2.75, 3.05) is 30.5 Å². The van der Waals surface area contributed by atoms with Crippen LogP contribution in [0.25, 0.3) is 0 Å². The fourth-order valence-corrected chi connectivity index (χ4v) is 3.12. The van der Waals surface area contributed by atoms with Crippen LogP contribution in [0.2, 0.25) is 0 Å². The zero-order chi connectivity index (χ0) is 14.4. The van der Waals surface area contributed by atoms with Gasteiger partial charge in [0.05, 0.1) is 7.11 Å². The highest BCUT2D eigenvalue weighted by atomic mass is 32.2. The van der Waals surface area contributed by atoms with Gasteiger partial charge in [-0.3, -0.25) is 0 Å². The fourth-order valence-electron chi connectivity index (χ4n) is 2.37. The Labute approximate surface area is 124 Å². The Hall–Kier alpha value is -1.24. The summed E-state index contributed by atoms with van der Waals surface area (Å²) in [6.07, 6.45) is 7.02. The third-order valence-electron chi connectivity index (χ3n) is 3.47. The molecule has 1 aromatic heterocycles. The summed E-state index contributed by atoms with van der Waals surface area (Å²) in [7, 11) is 1.57. The van der Waals surface area contributed by atoms with Crippen molar-refractivity contribution in [3.8, 4) is 6.01 Å². The molecule has 0 saturated heterocycles. The summed E-state index contributed by atoms with van der Waals surface area (Å²) in [6.45, 7) is 2.78. The first-order valence-electron chi connectivity index (χ1n) is 7.08. The molecule has 1 aliphatic carbocycles. The first-order valence-corrected chi connectivity index (χ1v) is 8.37. The zero-order valence-corrected chi connectivity index (χ0v) is 13.2. The molecule has 1 fully saturated rings. The Bertz CT molecular complexity index is 423. The van der Waals surface area contributed by atoms with E-state index in [-0.39, 0.29) is 0 Å². The van der Waals surface area contributed by atoms with E-state index >= 15 is 0 Å². The molecule has 1 aliphatic rings. The number of aromatic nitrogens is 3. The normalized spacial score (nSPS) is 22.4. The van der Waals surface area contributed by atoms with Crippen LogP contribution in [-0.2, 0) is 0 Å². The smallest absolute Gasteiger partial charge is 0.322 e. The van der Waals surface area contributed by atoms with E-state index < -0.39 is 0 Å². The molecule has 1 saturated carbocycles. The average molecular weight is 297 g/mol. The highest BCUT2D eigenvalue weighted by Gasteiger charge is 2.21. The number of nitrogens with zero attached hydrogens (tertiary/aromatic N) is 3. The van der Waals surface area contributed by atoms with Crippen molar-refractivity contribution in [1.82, 2.24) is 15.0 Å². The predicted molar refractivity (Wildman–Crippen MR) is 83.7 cm³/mol. The van der Waals surface area contributed by atoms with Crippen LogP contribution >= 0.6 is 11.8 Å². The van der Waals surface area contributed by atoms with Crippen molar-refractivity contribution >= 4 is 23.7 Å². The zero-order valence-electron chi connectivity index (χ0n) is 12.3. The Balaban J connectivity index is 1.99. The molecular weight excluding hydrogens is 274 g/mol. The third kappa shape index (κ3) is 4.13. The molecule has 7 heteroatoms. The second-order valence-electron chi connectivity index (χ2n) is 4.85. The summed E-state index contributed by atoms with van der Waals surface area (Å²) < 4.78 is 5.12. The maximum Gasteiger partial charge on any atom is 0.322 e. The van der Waals surface area contributed by atoms with Crippen molar-refractivity contribution in [2.24, 2.45) is 0 Å². The van der Waals surface area contributed by atoms with Crippen LogP contribution in [0, 0.1) is 0 Å². The summed E-state index contributed by atoms with van der Waals surface area (Å²) in [5, 5.41) is 7.30. The summed E-state index contributed by atoms with van der Waals surface area (Å²) in [5.41, 5.74) is 0. The largest absolute Gasteiger partial charge is 0.467 e. The van der Waals surface area contributed by atoms with E-state index in [2.05, 4.69) is 31.8 Å². The molecular formula is C13H23N5OS. The molecule has 0 radical (unpaired) electrons. The molecule has 112 valence electrons. The Kier molecular flexibility index (Phi) is 5.70. The first kappa shape index (κ1) is 15.2. The number of anilines is 2. The van der Waals surface area contributed by atoms with Crippen LogP contribution in [0.4, 0.5) is 11.9 Å². The molecule has 0 unspecified atom stereocenters. The molecule has 20 heavy (non-hydrogen) atoms. The Morgan fingerprint density at radius 1 is 1.15 bits per heavy atom. The second kappa shape index (κ2) is 7.52. The molecule has 0 aromatic carbocycles. The van der Waals surface area contributed by atoms with Gasteiger partial charge in [-0.25, -0.2) is 0 Å². The molecule has 6 nitrogen and oxygen atoms in total. The Morgan fingerprint density at radius 3 is 2.45 bits per heavy atom. The maximum absolute atomic E-state index is 5.12. The van der Waals surface area contributed by atoms with E-state index in [0.29, 0.717) is 23.9 Å². The van der Waals surface area contributed by atoms with E-state index in [9.17, 15) is 0 Å². The molecule has 2 rings (SSSR count). The summed E-state index contributed by atoms with van der Waals surface area (Å²) >= 11 is 1.97. The fraction of sp³-hybridized carbons (Fsp3) is 0.769. The van der Waals surface area contributed by atoms with Crippen molar-refractivity contribution in [2.45, 2.75) is 43.9 Å². The topological polar surface area (TPSA) is 72.0 Å². The van der Waals surface area contributed by atoms with Gasteiger partial charge in [0.25, 0.3) is 0 Å². The van der Waals surface area contributed by atoms with Gasteiger partial charge >= 0.3 is 6.01 Å². The van der Waals surface area contributed by atoms with Gasteiger partial charge in [-0.1, -0.05) is 0 Å². The van der Waals surface area contributed by atoms with E-state index in [0.717, 1.165) is 24.6 Å². The SMILES string of the molecule is CCNc1nc(NC2CCC(SC)CC2)nc(OC)n1. The number of ether oxygens (including phenoxy) is 1. The Morgan fingerprint density at radius 2 is 1.85 bits per heavy atom. The van der Waals surface area contributed by atoms with Gasteiger partial charge in [-0.15, -0.1) is 0 Å². The van der Waals surface area contributed by atoms with Gasteiger partial charge in [0, 0.05) is 17.8 Å². The van der Waals surface area contributed by atoms with E-state index in [4.69, 9.17) is 4.74 Å². The summed E-state index contributed by atoms with van der Waals surface area (Å²) in [4.78, 5) is 12.8. The molecule has 0 bridgehead atoms. The van der Waals surface area contributed by atoms with Crippen molar-refractivity contribution < 1.29 is 4.74 Å². The standard InChI is InChI=1S/C13H23N5OS/c1-4-14-11-16-12(18-13(17-11)19-2)15-9-5-7-10(20-3)8-6-9/h9-10H,4-8H2,1-3H3,(H2,14,15,16,17,18). The summed E-state index contributed by atoms with van der Waals surface area (Å²) in [6, 6.07) is 0.788. The van der Waals surface area contributed by atoms with Crippen LogP contribution < -0.4 is 15.4 Å². The first-order chi connectivity index (χ1) is 9.75. The quantitative estimate of drug-likeness (QED) is 0.835. The van der Waals surface area contributed by atoms with Crippen molar-refractivity contribution in [3.63, 3.8) is 0 Å². The second-order valence-corrected chi connectivity index (χ2v) is 5.99. The minimum atomic E-state index is 0.344. The van der Waals surface area contributed by atoms with Crippen molar-refractivity contribution in [3.05, 3.63) is 0 Å². The minimum Gasteiger partial charge on any atom is -0.467 e. The van der Waals surface area contributed by atoms with Gasteiger partial charge in [0.15, 0.2) is 0 Å². The minimum absolute atomic E-state index is 0.344. The number of rotatable bonds is 6. The highest BCUT2D eigenvalue weighted by molar-refractivity contribution is 7.99. The lowest BCUT2D eigenvalue weighted by molar-refractivity contribution is 0.379.